The zero-order valence-electron chi connectivity index (χ0n) is 16.3. The number of carbonyl (C=O) groups excluding carboxylic acids is 1. The van der Waals surface area contributed by atoms with Crippen LogP contribution in [0.2, 0.25) is 0 Å². The number of halogens is 6. The first kappa shape index (κ1) is 23.2. The number of alkyl halides is 6. The maximum atomic E-state index is 13.2. The molecular weight excluding hydrogens is 462 g/mol. The van der Waals surface area contributed by atoms with Gasteiger partial charge in [0.15, 0.2) is 5.13 Å². The second-order valence-corrected chi connectivity index (χ2v) is 7.28. The van der Waals surface area contributed by atoms with Gasteiger partial charge < -0.3 is 10.6 Å². The lowest BCUT2D eigenvalue weighted by molar-refractivity contribution is -0.142. The van der Waals surface area contributed by atoms with E-state index < -0.39 is 35.2 Å². The number of thiazole rings is 1. The summed E-state index contributed by atoms with van der Waals surface area (Å²) in [4.78, 5) is 25.2. The average molecular weight is 476 g/mol. The van der Waals surface area contributed by atoms with Crippen molar-refractivity contribution in [3.63, 3.8) is 0 Å². The predicted octanol–water partition coefficient (Wildman–Crippen LogP) is 5.63. The summed E-state index contributed by atoms with van der Waals surface area (Å²) in [5.41, 5.74) is -2.93. The summed E-state index contributed by atoms with van der Waals surface area (Å²) in [5.74, 6) is 0.351. The number of aromatic nitrogens is 3. The van der Waals surface area contributed by atoms with Gasteiger partial charge in [0.2, 0.25) is 5.95 Å². The van der Waals surface area contributed by atoms with Crippen LogP contribution in [0.15, 0.2) is 30.5 Å². The molecule has 0 radical (unpaired) electrons. The summed E-state index contributed by atoms with van der Waals surface area (Å²) in [6, 6.07) is 1.45. The van der Waals surface area contributed by atoms with E-state index in [2.05, 4.69) is 25.6 Å². The Bertz CT molecular complexity index is 1140. The van der Waals surface area contributed by atoms with E-state index in [0.29, 0.717) is 34.3 Å². The lowest BCUT2D eigenvalue weighted by Gasteiger charge is -2.16. The van der Waals surface area contributed by atoms with E-state index in [9.17, 15) is 31.1 Å². The predicted molar refractivity (Wildman–Crippen MR) is 107 cm³/mol. The molecule has 3 N–H and O–H groups in total. The third-order valence-corrected chi connectivity index (χ3v) is 5.12. The number of carbonyl (C=O) groups is 1. The maximum absolute atomic E-state index is 13.2. The van der Waals surface area contributed by atoms with E-state index in [0.717, 1.165) is 11.3 Å². The summed E-state index contributed by atoms with van der Waals surface area (Å²) in [5, 5.41) is 7.04. The molecule has 32 heavy (non-hydrogen) atoms. The highest BCUT2D eigenvalue weighted by molar-refractivity contribution is 7.19. The van der Waals surface area contributed by atoms with Gasteiger partial charge in [-0.15, -0.1) is 0 Å². The lowest BCUT2D eigenvalue weighted by atomic mass is 10.1. The standard InChI is InChI=1S/C18H14F6N6OS/c1-8-13(12-5-6-26-14(25-2)28-12)32-16(27-8)30-15(31)29-11-4-3-9(17(19,20)21)7-10(11)18(22,23)24/h3-7H,1-2H3,(H,25,26,28)(H2,27,29,30,31). The molecule has 2 aromatic heterocycles. The summed E-state index contributed by atoms with van der Waals surface area (Å²) in [6.07, 6.45) is -8.58. The van der Waals surface area contributed by atoms with Crippen LogP contribution in [-0.2, 0) is 12.4 Å². The lowest BCUT2D eigenvalue weighted by Crippen LogP contribution is -2.22. The van der Waals surface area contributed by atoms with Gasteiger partial charge in [-0.05, 0) is 31.2 Å². The van der Waals surface area contributed by atoms with E-state index in [-0.39, 0.29) is 11.2 Å². The Kier molecular flexibility index (Phi) is 6.25. The van der Waals surface area contributed by atoms with Gasteiger partial charge in [-0.1, -0.05) is 11.3 Å². The highest BCUT2D eigenvalue weighted by Gasteiger charge is 2.38. The van der Waals surface area contributed by atoms with Crippen LogP contribution in [0, 0.1) is 6.92 Å². The molecule has 0 fully saturated rings. The summed E-state index contributed by atoms with van der Waals surface area (Å²) in [7, 11) is 1.63. The van der Waals surface area contributed by atoms with Gasteiger partial charge in [-0.3, -0.25) is 5.32 Å². The van der Waals surface area contributed by atoms with Gasteiger partial charge >= 0.3 is 18.4 Å². The molecule has 3 aromatic rings. The molecule has 2 heterocycles. The molecule has 0 aliphatic rings. The molecule has 0 atom stereocenters. The van der Waals surface area contributed by atoms with E-state index in [1.165, 1.54) is 6.20 Å². The number of hydrogen-bond acceptors (Lipinski definition) is 6. The normalized spacial score (nSPS) is 11.9. The van der Waals surface area contributed by atoms with E-state index >= 15 is 0 Å². The van der Waals surface area contributed by atoms with Crippen molar-refractivity contribution in [2.75, 3.05) is 23.0 Å². The molecule has 3 rings (SSSR count). The molecule has 14 heteroatoms. The van der Waals surface area contributed by atoms with Crippen molar-refractivity contribution in [3.8, 4) is 10.6 Å². The van der Waals surface area contributed by atoms with Crippen molar-refractivity contribution in [1.29, 1.82) is 0 Å². The van der Waals surface area contributed by atoms with Crippen molar-refractivity contribution in [1.82, 2.24) is 15.0 Å². The monoisotopic (exact) mass is 476 g/mol. The second-order valence-electron chi connectivity index (χ2n) is 6.28. The number of urea groups is 1. The molecule has 0 saturated heterocycles. The van der Waals surface area contributed by atoms with Crippen LogP contribution in [0.25, 0.3) is 10.6 Å². The number of aryl methyl sites for hydroxylation is 1. The fourth-order valence-corrected chi connectivity index (χ4v) is 3.54. The number of anilines is 3. The van der Waals surface area contributed by atoms with Gasteiger partial charge in [0.05, 0.1) is 33.1 Å². The zero-order valence-corrected chi connectivity index (χ0v) is 17.1. The minimum Gasteiger partial charge on any atom is -0.357 e. The van der Waals surface area contributed by atoms with Crippen molar-refractivity contribution in [3.05, 3.63) is 47.3 Å². The van der Waals surface area contributed by atoms with E-state index in [1.54, 1.807) is 20.0 Å². The van der Waals surface area contributed by atoms with Crippen molar-refractivity contribution < 1.29 is 31.1 Å². The Labute approximate surface area is 180 Å². The number of hydrogen-bond donors (Lipinski definition) is 3. The molecule has 170 valence electrons. The van der Waals surface area contributed by atoms with Crippen LogP contribution in [0.5, 0.6) is 0 Å². The Hall–Kier alpha value is -3.42. The van der Waals surface area contributed by atoms with Gasteiger partial charge in [0.25, 0.3) is 0 Å². The van der Waals surface area contributed by atoms with E-state index in [4.69, 9.17) is 0 Å². The molecule has 0 bridgehead atoms. The zero-order chi connectivity index (χ0) is 23.7. The van der Waals surface area contributed by atoms with Crippen LogP contribution < -0.4 is 16.0 Å². The Morgan fingerprint density at radius 1 is 1.00 bits per heavy atom. The largest absolute Gasteiger partial charge is 0.418 e. The number of amides is 2. The average Bonchev–Trinajstić information content (AvgIpc) is 3.06. The highest BCUT2D eigenvalue weighted by atomic mass is 32.1. The second kappa shape index (κ2) is 8.61. The van der Waals surface area contributed by atoms with Gasteiger partial charge in [-0.2, -0.15) is 26.3 Å². The Morgan fingerprint density at radius 3 is 2.34 bits per heavy atom. The number of rotatable bonds is 4. The van der Waals surface area contributed by atoms with Gasteiger partial charge in [0.1, 0.15) is 0 Å². The molecule has 0 aliphatic heterocycles. The first-order chi connectivity index (χ1) is 14.9. The molecular formula is C18H14F6N6OS. The minimum atomic E-state index is -5.12. The van der Waals surface area contributed by atoms with Crippen LogP contribution >= 0.6 is 11.3 Å². The summed E-state index contributed by atoms with van der Waals surface area (Å²) in [6.45, 7) is 1.65. The first-order valence-corrected chi connectivity index (χ1v) is 9.55. The highest BCUT2D eigenvalue weighted by Crippen LogP contribution is 2.39. The molecule has 0 aliphatic carbocycles. The Balaban J connectivity index is 1.82. The maximum Gasteiger partial charge on any atom is 0.418 e. The smallest absolute Gasteiger partial charge is 0.357 e. The number of nitrogens with zero attached hydrogens (tertiary/aromatic N) is 3. The van der Waals surface area contributed by atoms with E-state index in [1.807, 2.05) is 5.32 Å². The SMILES string of the molecule is CNc1nccc(-c2sc(NC(=O)Nc3ccc(C(F)(F)F)cc3C(F)(F)F)nc2C)n1. The number of benzene rings is 1. The van der Waals surface area contributed by atoms with Crippen molar-refractivity contribution >= 4 is 34.1 Å². The Morgan fingerprint density at radius 2 is 1.72 bits per heavy atom. The van der Waals surface area contributed by atoms with Crippen molar-refractivity contribution in [2.24, 2.45) is 0 Å². The third kappa shape index (κ3) is 5.25. The third-order valence-electron chi connectivity index (χ3n) is 4.03. The molecule has 0 saturated carbocycles. The van der Waals surface area contributed by atoms with Crippen LogP contribution in [0.3, 0.4) is 0 Å². The minimum absolute atomic E-state index is 0.0556. The molecule has 2 amide bonds. The van der Waals surface area contributed by atoms with Gasteiger partial charge in [-0.25, -0.2) is 19.7 Å². The fraction of sp³-hybridized carbons (Fsp3) is 0.222. The molecule has 0 spiro atoms. The molecule has 1 aromatic carbocycles. The topological polar surface area (TPSA) is 91.8 Å². The first-order valence-electron chi connectivity index (χ1n) is 8.73. The van der Waals surface area contributed by atoms with Crippen LogP contribution in [0.1, 0.15) is 16.8 Å². The van der Waals surface area contributed by atoms with Gasteiger partial charge in [0, 0.05) is 13.2 Å². The summed E-state index contributed by atoms with van der Waals surface area (Å²) >= 11 is 1.01. The quantitative estimate of drug-likeness (QED) is 0.425. The van der Waals surface area contributed by atoms with Crippen LogP contribution in [0.4, 0.5) is 47.9 Å². The summed E-state index contributed by atoms with van der Waals surface area (Å²) < 4.78 is 78.0. The molecule has 0 unspecified atom stereocenters. The van der Waals surface area contributed by atoms with Crippen molar-refractivity contribution in [2.45, 2.75) is 19.3 Å². The molecule has 7 nitrogen and oxygen atoms in total. The number of nitrogens with one attached hydrogen (secondary N) is 3. The fourth-order valence-electron chi connectivity index (χ4n) is 2.61. The van der Waals surface area contributed by atoms with Crippen LogP contribution in [-0.4, -0.2) is 28.0 Å².